The number of amides is 1. The molecular formula is C15H15ClFNO3. The third-order valence-corrected chi connectivity index (χ3v) is 3.29. The van der Waals surface area contributed by atoms with E-state index in [9.17, 15) is 14.3 Å². The lowest BCUT2D eigenvalue weighted by Gasteiger charge is -2.25. The molecule has 0 aliphatic carbocycles. The Balaban J connectivity index is 1.95. The number of morpholine rings is 1. The van der Waals surface area contributed by atoms with Gasteiger partial charge in [0.2, 0.25) is 5.91 Å². The second-order valence-corrected chi connectivity index (χ2v) is 4.90. The van der Waals surface area contributed by atoms with Gasteiger partial charge in [0, 0.05) is 19.2 Å². The first kappa shape index (κ1) is 15.5. The zero-order valence-electron chi connectivity index (χ0n) is 11.3. The second kappa shape index (κ2) is 7.24. The summed E-state index contributed by atoms with van der Waals surface area (Å²) in [5.74, 6) is -1.43. The molecular weight excluding hydrogens is 297 g/mol. The van der Waals surface area contributed by atoms with Crippen molar-refractivity contribution in [2.24, 2.45) is 0 Å². The molecule has 1 aromatic carbocycles. The largest absolute Gasteiger partial charge is 0.504 e. The first-order chi connectivity index (χ1) is 10.1. The van der Waals surface area contributed by atoms with Crippen molar-refractivity contribution >= 4 is 23.6 Å². The fourth-order valence-corrected chi connectivity index (χ4v) is 2.09. The number of carbonyl (C=O) groups excluding carboxylic acids is 1. The minimum Gasteiger partial charge on any atom is -0.504 e. The predicted molar refractivity (Wildman–Crippen MR) is 78.6 cm³/mol. The molecule has 0 aromatic heterocycles. The molecule has 1 aliphatic heterocycles. The third kappa shape index (κ3) is 4.31. The molecule has 0 bridgehead atoms. The first-order valence-electron chi connectivity index (χ1n) is 6.47. The Kier molecular flexibility index (Phi) is 5.36. The van der Waals surface area contributed by atoms with Crippen LogP contribution in [-0.4, -0.2) is 42.2 Å². The summed E-state index contributed by atoms with van der Waals surface area (Å²) in [4.78, 5) is 13.5. The van der Waals surface area contributed by atoms with Gasteiger partial charge < -0.3 is 14.7 Å². The number of rotatable bonds is 3. The zero-order chi connectivity index (χ0) is 15.2. The minimum absolute atomic E-state index is 0.0528. The molecule has 1 fully saturated rings. The normalized spacial score (nSPS) is 16.0. The number of halogens is 2. The topological polar surface area (TPSA) is 49.8 Å². The fourth-order valence-electron chi connectivity index (χ4n) is 1.88. The molecule has 1 amide bonds. The maximum atomic E-state index is 13.3. The maximum absolute atomic E-state index is 13.3. The SMILES string of the molecule is O=C(/C=C/C=C/c1cc(F)c(O)c(Cl)c1)N1CCOCC1. The smallest absolute Gasteiger partial charge is 0.246 e. The molecule has 0 spiro atoms. The van der Waals surface area contributed by atoms with Crippen LogP contribution in [0.5, 0.6) is 5.75 Å². The maximum Gasteiger partial charge on any atom is 0.246 e. The lowest BCUT2D eigenvalue weighted by atomic mass is 10.2. The summed E-state index contributed by atoms with van der Waals surface area (Å²) in [6.45, 7) is 2.29. The number of phenolic OH excluding ortho intramolecular Hbond substituents is 1. The zero-order valence-corrected chi connectivity index (χ0v) is 12.0. The first-order valence-corrected chi connectivity index (χ1v) is 6.85. The van der Waals surface area contributed by atoms with Gasteiger partial charge in [-0.3, -0.25) is 4.79 Å². The van der Waals surface area contributed by atoms with Crippen LogP contribution in [0, 0.1) is 5.82 Å². The highest BCUT2D eigenvalue weighted by atomic mass is 35.5. The molecule has 4 nitrogen and oxygen atoms in total. The monoisotopic (exact) mass is 311 g/mol. The Morgan fingerprint density at radius 3 is 2.71 bits per heavy atom. The minimum atomic E-state index is -0.782. The molecule has 0 unspecified atom stereocenters. The van der Waals surface area contributed by atoms with E-state index in [1.807, 2.05) is 0 Å². The van der Waals surface area contributed by atoms with Crippen LogP contribution in [0.15, 0.2) is 30.4 Å². The average Bonchev–Trinajstić information content (AvgIpc) is 2.49. The van der Waals surface area contributed by atoms with E-state index in [-0.39, 0.29) is 10.9 Å². The number of aromatic hydroxyl groups is 1. The van der Waals surface area contributed by atoms with E-state index < -0.39 is 11.6 Å². The number of nitrogens with zero attached hydrogens (tertiary/aromatic N) is 1. The highest BCUT2D eigenvalue weighted by Crippen LogP contribution is 2.28. The summed E-state index contributed by atoms with van der Waals surface area (Å²) >= 11 is 5.67. The van der Waals surface area contributed by atoms with E-state index in [0.717, 1.165) is 6.07 Å². The van der Waals surface area contributed by atoms with Crippen molar-refractivity contribution in [2.45, 2.75) is 0 Å². The van der Waals surface area contributed by atoms with Crippen LogP contribution in [0.3, 0.4) is 0 Å². The number of carbonyl (C=O) groups is 1. The molecule has 6 heteroatoms. The van der Waals surface area contributed by atoms with Crippen LogP contribution in [0.25, 0.3) is 6.08 Å². The molecule has 0 saturated carbocycles. The quantitative estimate of drug-likeness (QED) is 0.689. The molecule has 2 rings (SSSR count). The van der Waals surface area contributed by atoms with E-state index in [1.165, 1.54) is 12.1 Å². The summed E-state index contributed by atoms with van der Waals surface area (Å²) in [6, 6.07) is 2.60. The van der Waals surface area contributed by atoms with Crippen molar-refractivity contribution in [3.05, 3.63) is 46.8 Å². The van der Waals surface area contributed by atoms with Gasteiger partial charge in [-0.1, -0.05) is 29.8 Å². The summed E-state index contributed by atoms with van der Waals surface area (Å²) in [5, 5.41) is 9.16. The van der Waals surface area contributed by atoms with Gasteiger partial charge in [0.05, 0.1) is 18.2 Å². The van der Waals surface area contributed by atoms with Crippen molar-refractivity contribution in [3.8, 4) is 5.75 Å². The number of phenols is 1. The van der Waals surface area contributed by atoms with Gasteiger partial charge >= 0.3 is 0 Å². The molecule has 1 aromatic rings. The molecule has 21 heavy (non-hydrogen) atoms. The van der Waals surface area contributed by atoms with Gasteiger partial charge in [0.15, 0.2) is 11.6 Å². The van der Waals surface area contributed by atoms with E-state index >= 15 is 0 Å². The predicted octanol–water partition coefficient (Wildman–Crippen LogP) is 2.61. The standard InChI is InChI=1S/C15H15ClFNO3/c16-12-9-11(10-13(17)15(12)20)3-1-2-4-14(19)18-5-7-21-8-6-18/h1-4,9-10,20H,5-8H2/b3-1+,4-2+. The van der Waals surface area contributed by atoms with Crippen LogP contribution in [0.2, 0.25) is 5.02 Å². The second-order valence-electron chi connectivity index (χ2n) is 4.49. The molecule has 1 saturated heterocycles. The van der Waals surface area contributed by atoms with Crippen LogP contribution < -0.4 is 0 Å². The van der Waals surface area contributed by atoms with Gasteiger partial charge in [0.25, 0.3) is 0 Å². The fraction of sp³-hybridized carbons (Fsp3) is 0.267. The summed E-state index contributed by atoms with van der Waals surface area (Å²) in [5.41, 5.74) is 0.499. The third-order valence-electron chi connectivity index (χ3n) is 3.00. The van der Waals surface area contributed by atoms with E-state index in [4.69, 9.17) is 16.3 Å². The van der Waals surface area contributed by atoms with Crippen molar-refractivity contribution in [2.75, 3.05) is 26.3 Å². The molecule has 0 radical (unpaired) electrons. The molecule has 1 heterocycles. The molecule has 1 aliphatic rings. The average molecular weight is 312 g/mol. The number of ether oxygens (including phenoxy) is 1. The highest BCUT2D eigenvalue weighted by molar-refractivity contribution is 6.32. The van der Waals surface area contributed by atoms with E-state index in [1.54, 1.807) is 23.1 Å². The van der Waals surface area contributed by atoms with Crippen LogP contribution >= 0.6 is 11.6 Å². The number of allylic oxidation sites excluding steroid dienone is 2. The van der Waals surface area contributed by atoms with E-state index in [0.29, 0.717) is 31.9 Å². The van der Waals surface area contributed by atoms with Crippen LogP contribution in [0.4, 0.5) is 4.39 Å². The van der Waals surface area contributed by atoms with Crippen LogP contribution in [0.1, 0.15) is 5.56 Å². The van der Waals surface area contributed by atoms with Crippen LogP contribution in [-0.2, 0) is 9.53 Å². The Morgan fingerprint density at radius 2 is 2.05 bits per heavy atom. The number of hydrogen-bond acceptors (Lipinski definition) is 3. The number of benzene rings is 1. The Hall–Kier alpha value is -1.85. The highest BCUT2D eigenvalue weighted by Gasteiger charge is 2.13. The molecule has 0 atom stereocenters. The van der Waals surface area contributed by atoms with Gasteiger partial charge in [-0.25, -0.2) is 4.39 Å². The van der Waals surface area contributed by atoms with Gasteiger partial charge in [0.1, 0.15) is 0 Å². The van der Waals surface area contributed by atoms with Gasteiger partial charge in [-0.05, 0) is 17.7 Å². The van der Waals surface area contributed by atoms with Crippen molar-refractivity contribution < 1.29 is 19.0 Å². The summed E-state index contributed by atoms with van der Waals surface area (Å²) < 4.78 is 18.4. The Labute approximate surface area is 127 Å². The Bertz CT molecular complexity index is 557. The summed E-state index contributed by atoms with van der Waals surface area (Å²) in [7, 11) is 0. The van der Waals surface area contributed by atoms with Crippen molar-refractivity contribution in [1.29, 1.82) is 0 Å². The lowest BCUT2D eigenvalue weighted by molar-refractivity contribution is -0.129. The van der Waals surface area contributed by atoms with Crippen molar-refractivity contribution in [3.63, 3.8) is 0 Å². The summed E-state index contributed by atoms with van der Waals surface area (Å²) in [6.07, 6.45) is 6.23. The number of hydrogen-bond donors (Lipinski definition) is 1. The van der Waals surface area contributed by atoms with Gasteiger partial charge in [-0.15, -0.1) is 0 Å². The molecule has 112 valence electrons. The Morgan fingerprint density at radius 1 is 1.33 bits per heavy atom. The van der Waals surface area contributed by atoms with E-state index in [2.05, 4.69) is 0 Å². The molecule has 1 N–H and O–H groups in total. The lowest BCUT2D eigenvalue weighted by Crippen LogP contribution is -2.39. The van der Waals surface area contributed by atoms with Crippen molar-refractivity contribution in [1.82, 2.24) is 4.90 Å². The van der Waals surface area contributed by atoms with Gasteiger partial charge in [-0.2, -0.15) is 0 Å².